The molecule has 0 radical (unpaired) electrons. The summed E-state index contributed by atoms with van der Waals surface area (Å²) in [5, 5.41) is 16.6. The maximum absolute atomic E-state index is 14.7. The molecule has 13 heteroatoms. The number of fused-ring (bicyclic) bond motifs is 1. The third kappa shape index (κ3) is 3.87. The largest absolute Gasteiger partial charge is 0.507 e. The van der Waals surface area contributed by atoms with Crippen LogP contribution in [0.2, 0.25) is 5.02 Å². The lowest BCUT2D eigenvalue weighted by Crippen LogP contribution is -2.58. The topological polar surface area (TPSA) is 78.0 Å². The molecule has 2 aromatic carbocycles. The molecule has 0 aliphatic heterocycles. The summed E-state index contributed by atoms with van der Waals surface area (Å²) >= 11 is 5.75. The van der Waals surface area contributed by atoms with Gasteiger partial charge in [-0.05, 0) is 30.3 Å². The van der Waals surface area contributed by atoms with E-state index in [1.165, 1.54) is 29.6 Å². The lowest BCUT2D eigenvalue weighted by molar-refractivity contribution is -0.360. The number of carbonyl (C=O) groups excluding carboxylic acids is 1. The molecule has 0 saturated carbocycles. The Labute approximate surface area is 173 Å². The molecule has 5 nitrogen and oxygen atoms in total. The molecule has 0 aliphatic rings. The third-order valence-electron chi connectivity index (χ3n) is 4.39. The highest BCUT2D eigenvalue weighted by atomic mass is 35.5. The number of nitrogens with one attached hydrogen (secondary N) is 2. The minimum Gasteiger partial charge on any atom is -0.507 e. The molecule has 3 aromatic rings. The zero-order valence-electron chi connectivity index (χ0n) is 14.9. The van der Waals surface area contributed by atoms with Gasteiger partial charge >= 0.3 is 18.0 Å². The van der Waals surface area contributed by atoms with Crippen LogP contribution in [-0.4, -0.2) is 39.2 Å². The highest BCUT2D eigenvalue weighted by molar-refractivity contribution is 6.31. The number of phenols is 1. The fourth-order valence-electron chi connectivity index (χ4n) is 2.81. The Morgan fingerprint density at radius 3 is 2.32 bits per heavy atom. The normalized spacial score (nSPS) is 13.9. The van der Waals surface area contributed by atoms with Gasteiger partial charge in [0.25, 0.3) is 5.91 Å². The molecule has 3 rings (SSSR count). The van der Waals surface area contributed by atoms with Gasteiger partial charge in [0.1, 0.15) is 11.8 Å². The van der Waals surface area contributed by atoms with Gasteiger partial charge in [-0.25, -0.2) is 0 Å². The summed E-state index contributed by atoms with van der Waals surface area (Å²) in [7, 11) is 0. The highest BCUT2D eigenvalue weighted by Crippen LogP contribution is 2.52. The van der Waals surface area contributed by atoms with Gasteiger partial charge in [0.15, 0.2) is 0 Å². The van der Waals surface area contributed by atoms with Crippen LogP contribution in [0.1, 0.15) is 22.1 Å². The van der Waals surface area contributed by atoms with Crippen molar-refractivity contribution in [2.45, 2.75) is 24.1 Å². The van der Waals surface area contributed by atoms with Crippen LogP contribution in [-0.2, 0) is 0 Å². The summed E-state index contributed by atoms with van der Waals surface area (Å²) in [5.41, 5.74) is -1.65. The summed E-state index contributed by atoms with van der Waals surface area (Å²) in [5.74, 6) is -14.6. The molecule has 1 heterocycles. The van der Waals surface area contributed by atoms with E-state index in [2.05, 4.69) is 10.2 Å². The van der Waals surface area contributed by atoms with Crippen LogP contribution in [0.5, 0.6) is 5.75 Å². The molecular weight excluding hydrogens is 459 g/mol. The standard InChI is InChI=1S/C18H11ClF7N3O2/c19-8-5-6-9-11(7-8)28-29-13(9)14(16(20,21)17(22,23)18(24,25)26)27-15(31)10-3-1-2-4-12(10)30/h1-7,14,30H,(H,27,31)(H,28,29). The fraction of sp³-hybridized carbons (Fsp3) is 0.222. The first-order valence-corrected chi connectivity index (χ1v) is 8.70. The molecule has 0 bridgehead atoms. The van der Waals surface area contributed by atoms with Crippen LogP contribution in [0.15, 0.2) is 42.5 Å². The van der Waals surface area contributed by atoms with Crippen molar-refractivity contribution in [3.8, 4) is 5.75 Å². The Bertz CT molecular complexity index is 1130. The van der Waals surface area contributed by atoms with Crippen LogP contribution in [0, 0.1) is 0 Å². The number of amides is 1. The number of halogens is 8. The van der Waals surface area contributed by atoms with E-state index in [-0.39, 0.29) is 15.9 Å². The van der Waals surface area contributed by atoms with Crippen molar-refractivity contribution in [1.29, 1.82) is 0 Å². The molecule has 166 valence electrons. The Balaban J connectivity index is 2.16. The molecule has 31 heavy (non-hydrogen) atoms. The molecule has 0 spiro atoms. The van der Waals surface area contributed by atoms with Crippen LogP contribution in [0.3, 0.4) is 0 Å². The van der Waals surface area contributed by atoms with Crippen molar-refractivity contribution in [1.82, 2.24) is 15.5 Å². The molecule has 0 fully saturated rings. The van der Waals surface area contributed by atoms with Gasteiger partial charge in [-0.15, -0.1) is 0 Å². The van der Waals surface area contributed by atoms with Crippen molar-refractivity contribution in [3.63, 3.8) is 0 Å². The first-order chi connectivity index (χ1) is 14.3. The first-order valence-electron chi connectivity index (χ1n) is 8.32. The van der Waals surface area contributed by atoms with E-state index < -0.39 is 47.0 Å². The summed E-state index contributed by atoms with van der Waals surface area (Å²) in [4.78, 5) is 12.4. The number of hydrogen-bond donors (Lipinski definition) is 3. The monoisotopic (exact) mass is 469 g/mol. The van der Waals surface area contributed by atoms with Crippen molar-refractivity contribution in [3.05, 3.63) is 58.7 Å². The Morgan fingerprint density at radius 1 is 1.06 bits per heavy atom. The number of nitrogens with zero attached hydrogens (tertiary/aromatic N) is 1. The number of carbonyl (C=O) groups is 1. The van der Waals surface area contributed by atoms with Gasteiger partial charge in [-0.1, -0.05) is 23.7 Å². The maximum Gasteiger partial charge on any atom is 0.459 e. The van der Waals surface area contributed by atoms with E-state index in [0.29, 0.717) is 0 Å². The molecule has 3 N–H and O–H groups in total. The third-order valence-corrected chi connectivity index (χ3v) is 4.62. The number of rotatable bonds is 5. The van der Waals surface area contributed by atoms with Crippen molar-refractivity contribution in [2.24, 2.45) is 0 Å². The second kappa shape index (κ2) is 7.59. The molecule has 0 saturated heterocycles. The van der Waals surface area contributed by atoms with Gasteiger partial charge < -0.3 is 10.4 Å². The SMILES string of the molecule is O=C(NC(c1n[nH]c2cc(Cl)ccc12)C(F)(F)C(F)(F)C(F)(F)F)c1ccccc1O. The molecule has 1 amide bonds. The number of para-hydroxylation sites is 1. The van der Waals surface area contributed by atoms with E-state index in [0.717, 1.165) is 18.2 Å². The number of H-pyrrole nitrogens is 1. The fourth-order valence-corrected chi connectivity index (χ4v) is 2.98. The smallest absolute Gasteiger partial charge is 0.459 e. The van der Waals surface area contributed by atoms with Crippen molar-refractivity contribution in [2.75, 3.05) is 0 Å². The summed E-state index contributed by atoms with van der Waals surface area (Å²) < 4.78 is 95.4. The van der Waals surface area contributed by atoms with Crippen molar-refractivity contribution < 1.29 is 40.6 Å². The summed E-state index contributed by atoms with van der Waals surface area (Å²) in [6, 6.07) is 4.64. The number of benzene rings is 2. The predicted molar refractivity (Wildman–Crippen MR) is 95.4 cm³/mol. The van der Waals surface area contributed by atoms with Gasteiger partial charge in [0.05, 0.1) is 16.8 Å². The molecular formula is C18H11ClF7N3O2. The van der Waals surface area contributed by atoms with Gasteiger partial charge in [0.2, 0.25) is 0 Å². The van der Waals surface area contributed by atoms with E-state index in [4.69, 9.17) is 11.6 Å². The second-order valence-corrected chi connectivity index (χ2v) is 6.85. The lowest BCUT2D eigenvalue weighted by Gasteiger charge is -2.33. The summed E-state index contributed by atoms with van der Waals surface area (Å²) in [6.45, 7) is 0. The van der Waals surface area contributed by atoms with E-state index >= 15 is 0 Å². The zero-order chi connectivity index (χ0) is 23.2. The van der Waals surface area contributed by atoms with Crippen LogP contribution in [0.4, 0.5) is 30.7 Å². The molecule has 0 aliphatic carbocycles. The first kappa shape index (κ1) is 22.7. The zero-order valence-corrected chi connectivity index (χ0v) is 15.7. The van der Waals surface area contributed by atoms with E-state index in [1.807, 2.05) is 0 Å². The minimum atomic E-state index is -6.64. The second-order valence-electron chi connectivity index (χ2n) is 6.42. The highest BCUT2D eigenvalue weighted by Gasteiger charge is 2.76. The Kier molecular flexibility index (Phi) is 5.55. The average molecular weight is 470 g/mol. The van der Waals surface area contributed by atoms with Gasteiger partial charge in [-0.3, -0.25) is 9.89 Å². The number of aromatic hydroxyl groups is 1. The van der Waals surface area contributed by atoms with Crippen LogP contribution < -0.4 is 5.32 Å². The molecule has 1 aromatic heterocycles. The van der Waals surface area contributed by atoms with Gasteiger partial charge in [0, 0.05) is 10.4 Å². The number of aromatic amines is 1. The average Bonchev–Trinajstić information content (AvgIpc) is 3.07. The van der Waals surface area contributed by atoms with E-state index in [1.54, 1.807) is 0 Å². The maximum atomic E-state index is 14.7. The Morgan fingerprint density at radius 2 is 1.71 bits per heavy atom. The Hall–Kier alpha value is -3.02. The quantitative estimate of drug-likeness (QED) is 0.448. The predicted octanol–water partition coefficient (Wildman–Crippen LogP) is 5.23. The number of hydrogen-bond acceptors (Lipinski definition) is 3. The number of aromatic nitrogens is 2. The minimum absolute atomic E-state index is 0.0459. The van der Waals surface area contributed by atoms with Crippen LogP contribution in [0.25, 0.3) is 10.9 Å². The van der Waals surface area contributed by atoms with Gasteiger partial charge in [-0.2, -0.15) is 35.8 Å². The van der Waals surface area contributed by atoms with Crippen LogP contribution >= 0.6 is 11.6 Å². The number of phenolic OH excluding ortho intramolecular Hbond substituents is 1. The number of alkyl halides is 7. The lowest BCUT2D eigenvalue weighted by atomic mass is 9.96. The van der Waals surface area contributed by atoms with E-state index in [9.17, 15) is 40.6 Å². The van der Waals surface area contributed by atoms with Crippen molar-refractivity contribution >= 4 is 28.4 Å². The molecule has 1 atom stereocenters. The summed E-state index contributed by atoms with van der Waals surface area (Å²) in [6.07, 6.45) is -6.64. The molecule has 1 unspecified atom stereocenters.